The lowest BCUT2D eigenvalue weighted by Gasteiger charge is -2.43. The molecule has 0 aromatic carbocycles. The van der Waals surface area contributed by atoms with Crippen LogP contribution in [0.3, 0.4) is 0 Å². The van der Waals surface area contributed by atoms with Gasteiger partial charge in [0.15, 0.2) is 0 Å². The summed E-state index contributed by atoms with van der Waals surface area (Å²) in [4.78, 5) is 17.3. The van der Waals surface area contributed by atoms with Gasteiger partial charge in [0.25, 0.3) is 0 Å². The van der Waals surface area contributed by atoms with Crippen molar-refractivity contribution < 1.29 is 13.5 Å². The Morgan fingerprint density at radius 2 is 1.93 bits per heavy atom. The number of nitrogens with one attached hydrogen (secondary N) is 1. The van der Waals surface area contributed by atoms with E-state index in [2.05, 4.69) is 25.3 Å². The number of methoxy groups -OCH3 is 1. The quantitative estimate of drug-likeness (QED) is 0.681. The monoisotopic (exact) mass is 397 g/mol. The van der Waals surface area contributed by atoms with Crippen LogP contribution in [0.15, 0.2) is 42.9 Å². The van der Waals surface area contributed by atoms with Gasteiger partial charge in [0, 0.05) is 41.8 Å². The summed E-state index contributed by atoms with van der Waals surface area (Å²) in [5, 5.41) is 3.11. The molecule has 0 bridgehead atoms. The van der Waals surface area contributed by atoms with Crippen molar-refractivity contribution in [2.24, 2.45) is 0 Å². The highest BCUT2D eigenvalue weighted by atomic mass is 19.1. The van der Waals surface area contributed by atoms with Crippen molar-refractivity contribution in [1.29, 1.82) is 0 Å². The van der Waals surface area contributed by atoms with Gasteiger partial charge in [-0.15, -0.1) is 0 Å². The normalized spacial score (nSPS) is 20.8. The Hall–Kier alpha value is -3.16. The number of hydrogen-bond donors (Lipinski definition) is 1. The Morgan fingerprint density at radius 1 is 1.17 bits per heavy atom. The van der Waals surface area contributed by atoms with E-state index in [0.29, 0.717) is 29.5 Å². The SMILES string of the molecule is COc1ccc(C)nc1-c1cnc(NC[C@]2(c3ncccc3F)C[C@H](F)C2)nc1. The van der Waals surface area contributed by atoms with Crippen molar-refractivity contribution in [3.05, 3.63) is 60.1 Å². The molecule has 8 heteroatoms. The number of anilines is 1. The summed E-state index contributed by atoms with van der Waals surface area (Å²) in [5.41, 5.74) is 1.81. The average molecular weight is 397 g/mol. The summed E-state index contributed by atoms with van der Waals surface area (Å²) < 4.78 is 33.3. The van der Waals surface area contributed by atoms with Gasteiger partial charge in [0.2, 0.25) is 5.95 Å². The van der Waals surface area contributed by atoms with Crippen molar-refractivity contribution in [3.8, 4) is 17.0 Å². The van der Waals surface area contributed by atoms with E-state index in [1.165, 1.54) is 18.3 Å². The Morgan fingerprint density at radius 3 is 2.59 bits per heavy atom. The first kappa shape index (κ1) is 19.2. The second-order valence-electron chi connectivity index (χ2n) is 7.27. The summed E-state index contributed by atoms with van der Waals surface area (Å²) in [6.07, 6.45) is 4.30. The summed E-state index contributed by atoms with van der Waals surface area (Å²) >= 11 is 0. The molecule has 3 aromatic rings. The van der Waals surface area contributed by atoms with Gasteiger partial charge in [0.1, 0.15) is 23.4 Å². The lowest BCUT2D eigenvalue weighted by Crippen LogP contribution is -2.49. The van der Waals surface area contributed by atoms with E-state index in [1.807, 2.05) is 19.1 Å². The van der Waals surface area contributed by atoms with Crippen LogP contribution >= 0.6 is 0 Å². The molecule has 0 spiro atoms. The number of rotatable bonds is 6. The minimum Gasteiger partial charge on any atom is -0.494 e. The zero-order chi connectivity index (χ0) is 20.4. The molecule has 1 fully saturated rings. The molecule has 0 atom stereocenters. The largest absolute Gasteiger partial charge is 0.494 e. The fourth-order valence-electron chi connectivity index (χ4n) is 3.69. The molecule has 3 heterocycles. The van der Waals surface area contributed by atoms with Gasteiger partial charge in [-0.25, -0.2) is 23.7 Å². The van der Waals surface area contributed by atoms with E-state index < -0.39 is 17.4 Å². The lowest BCUT2D eigenvalue weighted by atomic mass is 9.65. The molecule has 0 aliphatic heterocycles. The van der Waals surface area contributed by atoms with Crippen LogP contribution in [0.25, 0.3) is 11.3 Å². The maximum Gasteiger partial charge on any atom is 0.222 e. The summed E-state index contributed by atoms with van der Waals surface area (Å²) in [7, 11) is 1.58. The molecule has 0 radical (unpaired) electrons. The second-order valence-corrected chi connectivity index (χ2v) is 7.27. The number of halogens is 2. The molecule has 4 rings (SSSR count). The van der Waals surface area contributed by atoms with Crippen LogP contribution in [0, 0.1) is 12.7 Å². The van der Waals surface area contributed by atoms with Crippen molar-refractivity contribution in [3.63, 3.8) is 0 Å². The Kier molecular flexibility index (Phi) is 5.08. The number of aromatic nitrogens is 4. The van der Waals surface area contributed by atoms with Crippen LogP contribution in [0.4, 0.5) is 14.7 Å². The highest BCUT2D eigenvalue weighted by molar-refractivity contribution is 5.65. The Bertz CT molecular complexity index is 1010. The zero-order valence-corrected chi connectivity index (χ0v) is 16.2. The van der Waals surface area contributed by atoms with Gasteiger partial charge in [-0.1, -0.05) is 0 Å². The molecule has 6 nitrogen and oxygen atoms in total. The number of nitrogens with zero attached hydrogens (tertiary/aromatic N) is 4. The van der Waals surface area contributed by atoms with Crippen LogP contribution in [0.1, 0.15) is 24.2 Å². The number of alkyl halides is 1. The van der Waals surface area contributed by atoms with Crippen LogP contribution in [0.2, 0.25) is 0 Å². The van der Waals surface area contributed by atoms with Gasteiger partial charge in [-0.05, 0) is 44.0 Å². The van der Waals surface area contributed by atoms with Crippen LogP contribution in [0.5, 0.6) is 5.75 Å². The fourth-order valence-corrected chi connectivity index (χ4v) is 3.69. The molecule has 1 aliphatic rings. The van der Waals surface area contributed by atoms with Crippen molar-refractivity contribution in [1.82, 2.24) is 19.9 Å². The van der Waals surface area contributed by atoms with Gasteiger partial charge in [-0.3, -0.25) is 4.98 Å². The van der Waals surface area contributed by atoms with Gasteiger partial charge >= 0.3 is 0 Å². The Balaban J connectivity index is 1.52. The standard InChI is InChI=1S/C21H21F2N5O/c1-13-5-6-17(29-2)18(28-13)14-10-25-20(26-11-14)27-12-21(8-15(22)9-21)19-16(23)4-3-7-24-19/h3-7,10-11,15H,8-9,12H2,1-2H3,(H,25,26,27)/t15-,21-. The minimum absolute atomic E-state index is 0.219. The van der Waals surface area contributed by atoms with Gasteiger partial charge in [-0.2, -0.15) is 0 Å². The first-order valence-electron chi connectivity index (χ1n) is 9.34. The van der Waals surface area contributed by atoms with E-state index >= 15 is 0 Å². The third-order valence-electron chi connectivity index (χ3n) is 5.21. The predicted octanol–water partition coefficient (Wildman–Crippen LogP) is 3.87. The highest BCUT2D eigenvalue weighted by Crippen LogP contribution is 2.45. The third-order valence-corrected chi connectivity index (χ3v) is 5.21. The molecular weight excluding hydrogens is 376 g/mol. The molecule has 0 amide bonds. The van der Waals surface area contributed by atoms with Gasteiger partial charge in [0.05, 0.1) is 12.8 Å². The molecule has 0 unspecified atom stereocenters. The molecule has 3 aromatic heterocycles. The maximum atomic E-state index is 14.2. The van der Waals surface area contributed by atoms with Gasteiger partial charge < -0.3 is 10.1 Å². The molecule has 1 saturated carbocycles. The molecule has 1 N–H and O–H groups in total. The first-order valence-corrected chi connectivity index (χ1v) is 9.34. The topological polar surface area (TPSA) is 72.8 Å². The number of ether oxygens (including phenoxy) is 1. The number of pyridine rings is 2. The molecule has 0 saturated heterocycles. The highest BCUT2D eigenvalue weighted by Gasteiger charge is 2.48. The van der Waals surface area contributed by atoms with Crippen LogP contribution in [-0.2, 0) is 5.41 Å². The van der Waals surface area contributed by atoms with E-state index in [4.69, 9.17) is 4.74 Å². The predicted molar refractivity (Wildman–Crippen MR) is 105 cm³/mol. The number of aryl methyl sites for hydroxylation is 1. The fraction of sp³-hybridized carbons (Fsp3) is 0.333. The average Bonchev–Trinajstić information content (AvgIpc) is 2.71. The summed E-state index contributed by atoms with van der Waals surface area (Å²) in [6, 6.07) is 6.59. The van der Waals surface area contributed by atoms with E-state index in [1.54, 1.807) is 19.5 Å². The number of hydrogen-bond acceptors (Lipinski definition) is 6. The third kappa shape index (κ3) is 3.74. The smallest absolute Gasteiger partial charge is 0.222 e. The van der Waals surface area contributed by atoms with E-state index in [0.717, 1.165) is 5.69 Å². The summed E-state index contributed by atoms with van der Waals surface area (Å²) in [5.74, 6) is 0.585. The molecule has 150 valence electrons. The van der Waals surface area contributed by atoms with E-state index in [9.17, 15) is 8.78 Å². The summed E-state index contributed by atoms with van der Waals surface area (Å²) in [6.45, 7) is 2.19. The molecular formula is C21H21F2N5O. The molecule has 29 heavy (non-hydrogen) atoms. The van der Waals surface area contributed by atoms with Crippen molar-refractivity contribution >= 4 is 5.95 Å². The van der Waals surface area contributed by atoms with Crippen molar-refractivity contribution in [2.45, 2.75) is 31.4 Å². The Labute approximate surface area is 167 Å². The second kappa shape index (κ2) is 7.69. The molecule has 1 aliphatic carbocycles. The lowest BCUT2D eigenvalue weighted by molar-refractivity contribution is 0.0963. The maximum absolute atomic E-state index is 14.2. The zero-order valence-electron chi connectivity index (χ0n) is 16.2. The minimum atomic E-state index is -0.957. The van der Waals surface area contributed by atoms with Crippen molar-refractivity contribution in [2.75, 3.05) is 19.0 Å². The van der Waals surface area contributed by atoms with Crippen LogP contribution in [-0.4, -0.2) is 39.8 Å². The van der Waals surface area contributed by atoms with Crippen LogP contribution < -0.4 is 10.1 Å². The van der Waals surface area contributed by atoms with E-state index in [-0.39, 0.29) is 18.5 Å². The first-order chi connectivity index (χ1) is 14.0.